The predicted octanol–water partition coefficient (Wildman–Crippen LogP) is 0.861. The van der Waals surface area contributed by atoms with Gasteiger partial charge in [-0.15, -0.1) is 12.4 Å². The van der Waals surface area contributed by atoms with Gasteiger partial charge in [-0.05, 0) is 0 Å². The van der Waals surface area contributed by atoms with Crippen LogP contribution < -0.4 is 5.73 Å². The number of methoxy groups -OCH3 is 1. The number of alkyl halides is 3. The first-order valence-electron chi connectivity index (χ1n) is 2.77. The number of esters is 1. The zero-order valence-corrected chi connectivity index (χ0v) is 7.04. The highest BCUT2D eigenvalue weighted by molar-refractivity contribution is 5.85. The third-order valence-electron chi connectivity index (χ3n) is 1.03. The van der Waals surface area contributed by atoms with Crippen LogP contribution in [0.1, 0.15) is 6.42 Å². The SMILES string of the molecule is COC(=O)C[C@H](N)C(F)(F)F.Cl. The molecule has 0 aliphatic carbocycles. The lowest BCUT2D eigenvalue weighted by atomic mass is 10.2. The van der Waals surface area contributed by atoms with E-state index >= 15 is 0 Å². The second-order valence-corrected chi connectivity index (χ2v) is 1.93. The fourth-order valence-corrected chi connectivity index (χ4v) is 0.379. The van der Waals surface area contributed by atoms with Gasteiger partial charge in [0.25, 0.3) is 0 Å². The summed E-state index contributed by atoms with van der Waals surface area (Å²) in [6.07, 6.45) is -5.37. The van der Waals surface area contributed by atoms with Crippen molar-refractivity contribution in [3.05, 3.63) is 0 Å². The van der Waals surface area contributed by atoms with Crippen LogP contribution in [0.4, 0.5) is 13.2 Å². The Morgan fingerprint density at radius 1 is 1.58 bits per heavy atom. The average molecular weight is 208 g/mol. The third kappa shape index (κ3) is 5.20. The van der Waals surface area contributed by atoms with Crippen LogP contribution >= 0.6 is 12.4 Å². The highest BCUT2D eigenvalue weighted by Gasteiger charge is 2.38. The number of halogens is 4. The van der Waals surface area contributed by atoms with Crippen molar-refractivity contribution in [2.75, 3.05) is 7.11 Å². The summed E-state index contributed by atoms with van der Waals surface area (Å²) in [7, 11) is 1.01. The van der Waals surface area contributed by atoms with Crippen molar-refractivity contribution in [2.24, 2.45) is 5.73 Å². The molecule has 2 N–H and O–H groups in total. The molecule has 0 unspecified atom stereocenters. The van der Waals surface area contributed by atoms with Crippen LogP contribution in [0.25, 0.3) is 0 Å². The molecule has 0 aromatic heterocycles. The maximum atomic E-state index is 11.6. The fraction of sp³-hybridized carbons (Fsp3) is 0.800. The zero-order valence-electron chi connectivity index (χ0n) is 6.22. The van der Waals surface area contributed by atoms with Crippen LogP contribution in [-0.2, 0) is 9.53 Å². The number of carbonyl (C=O) groups excluding carboxylic acids is 1. The Kier molecular flexibility index (Phi) is 6.10. The predicted molar refractivity (Wildman–Crippen MR) is 37.9 cm³/mol. The average Bonchev–Trinajstić information content (AvgIpc) is 1.85. The molecule has 0 saturated heterocycles. The van der Waals surface area contributed by atoms with Crippen molar-refractivity contribution >= 4 is 18.4 Å². The van der Waals surface area contributed by atoms with Gasteiger partial charge in [0.15, 0.2) is 0 Å². The third-order valence-corrected chi connectivity index (χ3v) is 1.03. The number of nitrogens with two attached hydrogens (primary N) is 1. The minimum absolute atomic E-state index is 0. The van der Waals surface area contributed by atoms with E-state index in [0.717, 1.165) is 7.11 Å². The number of ether oxygens (including phenoxy) is 1. The Morgan fingerprint density at radius 3 is 2.25 bits per heavy atom. The minimum Gasteiger partial charge on any atom is -0.469 e. The van der Waals surface area contributed by atoms with E-state index in [9.17, 15) is 18.0 Å². The number of hydrogen-bond donors (Lipinski definition) is 1. The summed E-state index contributed by atoms with van der Waals surface area (Å²) in [6, 6.07) is -2.13. The van der Waals surface area contributed by atoms with Gasteiger partial charge in [0, 0.05) is 0 Å². The second-order valence-electron chi connectivity index (χ2n) is 1.93. The van der Waals surface area contributed by atoms with Gasteiger partial charge in [-0.25, -0.2) is 0 Å². The fourth-order valence-electron chi connectivity index (χ4n) is 0.379. The lowest BCUT2D eigenvalue weighted by Gasteiger charge is -2.13. The number of carbonyl (C=O) groups is 1. The molecule has 0 aliphatic rings. The van der Waals surface area contributed by atoms with Gasteiger partial charge in [0.05, 0.1) is 13.5 Å². The molecule has 0 spiro atoms. The van der Waals surface area contributed by atoms with E-state index in [1.54, 1.807) is 0 Å². The molecule has 0 aliphatic heterocycles. The van der Waals surface area contributed by atoms with Crippen molar-refractivity contribution in [3.63, 3.8) is 0 Å². The zero-order chi connectivity index (χ0) is 9.07. The topological polar surface area (TPSA) is 52.3 Å². The normalized spacial score (nSPS) is 13.1. The van der Waals surface area contributed by atoms with Gasteiger partial charge in [0.2, 0.25) is 0 Å². The van der Waals surface area contributed by atoms with E-state index in [1.165, 1.54) is 0 Å². The summed E-state index contributed by atoms with van der Waals surface area (Å²) < 4.78 is 38.8. The second kappa shape index (κ2) is 5.21. The van der Waals surface area contributed by atoms with E-state index in [2.05, 4.69) is 10.5 Å². The van der Waals surface area contributed by atoms with Crippen molar-refractivity contribution in [3.8, 4) is 0 Å². The maximum Gasteiger partial charge on any atom is 0.404 e. The molecular formula is C5H9ClF3NO2. The van der Waals surface area contributed by atoms with E-state index in [1.807, 2.05) is 0 Å². The molecule has 0 radical (unpaired) electrons. The van der Waals surface area contributed by atoms with Gasteiger partial charge < -0.3 is 10.5 Å². The molecule has 0 fully saturated rings. The summed E-state index contributed by atoms with van der Waals surface area (Å²) in [5.74, 6) is -0.963. The van der Waals surface area contributed by atoms with Crippen LogP contribution in [0.5, 0.6) is 0 Å². The largest absolute Gasteiger partial charge is 0.469 e. The molecule has 0 saturated carbocycles. The van der Waals surface area contributed by atoms with E-state index < -0.39 is 24.6 Å². The summed E-state index contributed by atoms with van der Waals surface area (Å²) in [5, 5.41) is 0. The molecule has 74 valence electrons. The summed E-state index contributed by atoms with van der Waals surface area (Å²) in [5.41, 5.74) is 4.60. The van der Waals surface area contributed by atoms with E-state index in [-0.39, 0.29) is 12.4 Å². The Bertz CT molecular complexity index is 150. The Balaban J connectivity index is 0. The van der Waals surface area contributed by atoms with Crippen molar-refractivity contribution in [1.29, 1.82) is 0 Å². The molecule has 0 rings (SSSR count). The van der Waals surface area contributed by atoms with Gasteiger partial charge in [-0.3, -0.25) is 4.79 Å². The Labute approximate surface area is 73.5 Å². The molecule has 0 bridgehead atoms. The Morgan fingerprint density at radius 2 is 2.00 bits per heavy atom. The first-order valence-corrected chi connectivity index (χ1v) is 2.77. The number of rotatable bonds is 2. The molecule has 0 aromatic rings. The van der Waals surface area contributed by atoms with Gasteiger partial charge in [0.1, 0.15) is 6.04 Å². The maximum absolute atomic E-state index is 11.6. The highest BCUT2D eigenvalue weighted by atomic mass is 35.5. The molecule has 1 atom stereocenters. The molecule has 3 nitrogen and oxygen atoms in total. The van der Waals surface area contributed by atoms with Crippen LogP contribution in [0.2, 0.25) is 0 Å². The molecule has 0 aromatic carbocycles. The first-order chi connectivity index (χ1) is 4.88. The van der Waals surface area contributed by atoms with Crippen molar-refractivity contribution in [1.82, 2.24) is 0 Å². The monoisotopic (exact) mass is 207 g/mol. The molecule has 7 heteroatoms. The first kappa shape index (κ1) is 14.1. The van der Waals surface area contributed by atoms with Crippen molar-refractivity contribution < 1.29 is 22.7 Å². The van der Waals surface area contributed by atoms with E-state index in [0.29, 0.717) is 0 Å². The molecule has 0 heterocycles. The molecular weight excluding hydrogens is 199 g/mol. The molecule has 0 amide bonds. The van der Waals surface area contributed by atoms with Gasteiger partial charge in [-0.1, -0.05) is 0 Å². The van der Waals surface area contributed by atoms with Gasteiger partial charge >= 0.3 is 12.1 Å². The lowest BCUT2D eigenvalue weighted by molar-refractivity contribution is -0.162. The number of hydrogen-bond acceptors (Lipinski definition) is 3. The molecule has 12 heavy (non-hydrogen) atoms. The summed E-state index contributed by atoms with van der Waals surface area (Å²) in [4.78, 5) is 10.3. The van der Waals surface area contributed by atoms with Crippen LogP contribution in [0, 0.1) is 0 Å². The quantitative estimate of drug-likeness (QED) is 0.684. The highest BCUT2D eigenvalue weighted by Crippen LogP contribution is 2.20. The standard InChI is InChI=1S/C5H8F3NO2.ClH/c1-11-4(10)2-3(9)5(6,7)8;/h3H,2,9H2,1H3;1H/t3-;/m0./s1. The summed E-state index contributed by atoms with van der Waals surface area (Å²) in [6.45, 7) is 0. The Hall–Kier alpha value is -0.490. The lowest BCUT2D eigenvalue weighted by Crippen LogP contribution is -2.39. The van der Waals surface area contributed by atoms with Gasteiger partial charge in [-0.2, -0.15) is 13.2 Å². The minimum atomic E-state index is -4.53. The van der Waals surface area contributed by atoms with Crippen LogP contribution in [-0.4, -0.2) is 25.3 Å². The smallest absolute Gasteiger partial charge is 0.404 e. The van der Waals surface area contributed by atoms with Crippen LogP contribution in [0.3, 0.4) is 0 Å². The van der Waals surface area contributed by atoms with E-state index in [4.69, 9.17) is 0 Å². The van der Waals surface area contributed by atoms with Crippen LogP contribution in [0.15, 0.2) is 0 Å². The van der Waals surface area contributed by atoms with Crippen molar-refractivity contribution in [2.45, 2.75) is 18.6 Å². The summed E-state index contributed by atoms with van der Waals surface area (Å²) >= 11 is 0.